The zero-order valence-electron chi connectivity index (χ0n) is 15.1. The van der Waals surface area contributed by atoms with Gasteiger partial charge in [-0.3, -0.25) is 19.4 Å². The number of piperazine rings is 1. The van der Waals surface area contributed by atoms with Crippen molar-refractivity contribution < 1.29 is 14.3 Å². The second-order valence-electron chi connectivity index (χ2n) is 6.25. The van der Waals surface area contributed by atoms with Crippen LogP contribution in [0.2, 0.25) is 0 Å². The number of nitrogens with one attached hydrogen (secondary N) is 2. The molecule has 1 fully saturated rings. The number of aromatic amines is 2. The topological polar surface area (TPSA) is 116 Å². The number of benzene rings is 1. The SMILES string of the molecule is COc1ccc(N2CCN(C(=O)Cc3c(C)[nH]c(=O)[nH]c3=O)CC2=O)cc1. The molecule has 0 saturated carbocycles. The van der Waals surface area contributed by atoms with E-state index in [1.165, 1.54) is 4.90 Å². The average Bonchev–Trinajstić information content (AvgIpc) is 2.64. The van der Waals surface area contributed by atoms with Crippen molar-refractivity contribution in [1.29, 1.82) is 0 Å². The summed E-state index contributed by atoms with van der Waals surface area (Å²) in [5.41, 5.74) is 0.0792. The van der Waals surface area contributed by atoms with Gasteiger partial charge < -0.3 is 19.5 Å². The summed E-state index contributed by atoms with van der Waals surface area (Å²) >= 11 is 0. The fourth-order valence-electron chi connectivity index (χ4n) is 3.02. The third-order valence-electron chi connectivity index (χ3n) is 4.54. The monoisotopic (exact) mass is 372 g/mol. The number of aromatic nitrogens is 2. The fourth-order valence-corrected chi connectivity index (χ4v) is 3.02. The van der Waals surface area contributed by atoms with Crippen molar-refractivity contribution in [2.45, 2.75) is 13.3 Å². The molecule has 0 aliphatic carbocycles. The average molecular weight is 372 g/mol. The normalized spacial score (nSPS) is 14.4. The van der Waals surface area contributed by atoms with Crippen LogP contribution in [-0.4, -0.2) is 53.4 Å². The van der Waals surface area contributed by atoms with Crippen LogP contribution >= 0.6 is 0 Å². The summed E-state index contributed by atoms with van der Waals surface area (Å²) in [4.78, 5) is 55.8. The van der Waals surface area contributed by atoms with Gasteiger partial charge in [-0.2, -0.15) is 0 Å². The molecule has 0 unspecified atom stereocenters. The van der Waals surface area contributed by atoms with E-state index in [4.69, 9.17) is 4.74 Å². The molecule has 2 heterocycles. The quantitative estimate of drug-likeness (QED) is 0.771. The number of hydrogen-bond acceptors (Lipinski definition) is 5. The predicted molar refractivity (Wildman–Crippen MR) is 98.1 cm³/mol. The van der Waals surface area contributed by atoms with Crippen molar-refractivity contribution in [3.8, 4) is 5.75 Å². The highest BCUT2D eigenvalue weighted by Gasteiger charge is 2.28. The third kappa shape index (κ3) is 3.91. The Hall–Kier alpha value is -3.36. The third-order valence-corrected chi connectivity index (χ3v) is 4.54. The summed E-state index contributed by atoms with van der Waals surface area (Å²) in [6.07, 6.45) is -0.173. The van der Waals surface area contributed by atoms with Crippen molar-refractivity contribution in [3.63, 3.8) is 0 Å². The van der Waals surface area contributed by atoms with Crippen LogP contribution in [0.1, 0.15) is 11.3 Å². The van der Waals surface area contributed by atoms with Crippen molar-refractivity contribution in [2.24, 2.45) is 0 Å². The molecular weight excluding hydrogens is 352 g/mol. The first-order chi connectivity index (χ1) is 12.9. The molecule has 1 aliphatic rings. The van der Waals surface area contributed by atoms with E-state index in [0.29, 0.717) is 24.5 Å². The maximum absolute atomic E-state index is 12.5. The Bertz CT molecular complexity index is 976. The molecule has 0 atom stereocenters. The molecule has 1 aromatic heterocycles. The van der Waals surface area contributed by atoms with Crippen LogP contribution in [0.3, 0.4) is 0 Å². The second kappa shape index (κ2) is 7.48. The summed E-state index contributed by atoms with van der Waals surface area (Å²) < 4.78 is 5.11. The number of aryl methyl sites for hydroxylation is 1. The Morgan fingerprint density at radius 2 is 1.81 bits per heavy atom. The lowest BCUT2D eigenvalue weighted by molar-refractivity contribution is -0.136. The summed E-state index contributed by atoms with van der Waals surface area (Å²) in [5.74, 6) is 0.159. The smallest absolute Gasteiger partial charge is 0.325 e. The first-order valence-corrected chi connectivity index (χ1v) is 8.43. The molecule has 2 N–H and O–H groups in total. The molecule has 9 heteroatoms. The molecule has 1 aromatic carbocycles. The van der Waals surface area contributed by atoms with Crippen LogP contribution in [-0.2, 0) is 16.0 Å². The highest BCUT2D eigenvalue weighted by atomic mass is 16.5. The number of ether oxygens (including phenoxy) is 1. The minimum atomic E-state index is -0.614. The van der Waals surface area contributed by atoms with Gasteiger partial charge in [0.2, 0.25) is 11.8 Å². The predicted octanol–water partition coefficient (Wildman–Crippen LogP) is -0.202. The number of anilines is 1. The van der Waals surface area contributed by atoms with Crippen LogP contribution in [0.25, 0.3) is 0 Å². The molecule has 1 aliphatic heterocycles. The van der Waals surface area contributed by atoms with Gasteiger partial charge >= 0.3 is 5.69 Å². The number of hydrogen-bond donors (Lipinski definition) is 2. The molecule has 3 rings (SSSR count). The van der Waals surface area contributed by atoms with E-state index in [-0.39, 0.29) is 30.3 Å². The van der Waals surface area contributed by atoms with Gasteiger partial charge in [-0.25, -0.2) is 4.79 Å². The van der Waals surface area contributed by atoms with Gasteiger partial charge in [-0.1, -0.05) is 0 Å². The van der Waals surface area contributed by atoms with Crippen molar-refractivity contribution >= 4 is 17.5 Å². The maximum Gasteiger partial charge on any atom is 0.325 e. The van der Waals surface area contributed by atoms with Crippen LogP contribution in [0.15, 0.2) is 33.9 Å². The van der Waals surface area contributed by atoms with Gasteiger partial charge in [-0.15, -0.1) is 0 Å². The van der Waals surface area contributed by atoms with Crippen molar-refractivity contribution in [1.82, 2.24) is 14.9 Å². The highest BCUT2D eigenvalue weighted by Crippen LogP contribution is 2.21. The molecule has 9 nitrogen and oxygen atoms in total. The van der Waals surface area contributed by atoms with Gasteiger partial charge in [0.25, 0.3) is 5.56 Å². The van der Waals surface area contributed by atoms with E-state index in [9.17, 15) is 19.2 Å². The fraction of sp³-hybridized carbons (Fsp3) is 0.333. The van der Waals surface area contributed by atoms with E-state index in [1.807, 2.05) is 0 Å². The number of H-pyrrole nitrogens is 2. The molecule has 142 valence electrons. The lowest BCUT2D eigenvalue weighted by Crippen LogP contribution is -2.53. The maximum atomic E-state index is 12.5. The number of methoxy groups -OCH3 is 1. The Balaban J connectivity index is 1.68. The minimum Gasteiger partial charge on any atom is -0.497 e. The molecule has 0 bridgehead atoms. The van der Waals surface area contributed by atoms with Crippen LogP contribution in [0.4, 0.5) is 5.69 Å². The summed E-state index contributed by atoms with van der Waals surface area (Å²) in [7, 11) is 1.57. The Kier molecular flexibility index (Phi) is 5.11. The Labute approximate surface area is 154 Å². The number of rotatable bonds is 4. The van der Waals surface area contributed by atoms with Crippen LogP contribution in [0.5, 0.6) is 5.75 Å². The highest BCUT2D eigenvalue weighted by molar-refractivity contribution is 5.98. The van der Waals surface area contributed by atoms with Gasteiger partial charge in [0, 0.05) is 30.0 Å². The standard InChI is InChI=1S/C18H20N4O5/c1-11-14(17(25)20-18(26)19-11)9-15(23)21-7-8-22(16(24)10-21)12-3-5-13(27-2)6-4-12/h3-6H,7-10H2,1-2H3,(H2,19,20,25,26). The number of nitrogens with zero attached hydrogens (tertiary/aromatic N) is 2. The molecule has 2 amide bonds. The molecule has 0 radical (unpaired) electrons. The zero-order chi connectivity index (χ0) is 19.6. The Morgan fingerprint density at radius 3 is 2.41 bits per heavy atom. The first-order valence-electron chi connectivity index (χ1n) is 8.43. The van der Waals surface area contributed by atoms with Gasteiger partial charge in [0.1, 0.15) is 12.3 Å². The van der Waals surface area contributed by atoms with E-state index in [2.05, 4.69) is 9.97 Å². The Morgan fingerprint density at radius 1 is 1.11 bits per heavy atom. The van der Waals surface area contributed by atoms with Crippen molar-refractivity contribution in [2.75, 3.05) is 31.6 Å². The summed E-state index contributed by atoms with van der Waals surface area (Å²) in [5, 5.41) is 0. The first kappa shape index (κ1) is 18.4. The van der Waals surface area contributed by atoms with Crippen molar-refractivity contribution in [3.05, 3.63) is 56.4 Å². The lowest BCUT2D eigenvalue weighted by Gasteiger charge is -2.34. The lowest BCUT2D eigenvalue weighted by atomic mass is 10.1. The van der Waals surface area contributed by atoms with E-state index < -0.39 is 11.2 Å². The van der Waals surface area contributed by atoms with Gasteiger partial charge in [0.15, 0.2) is 0 Å². The second-order valence-corrected chi connectivity index (χ2v) is 6.25. The van der Waals surface area contributed by atoms with E-state index in [1.54, 1.807) is 43.2 Å². The molecule has 0 spiro atoms. The number of amides is 2. The summed E-state index contributed by atoms with van der Waals surface area (Å²) in [6, 6.07) is 7.12. The zero-order valence-corrected chi connectivity index (χ0v) is 15.1. The largest absolute Gasteiger partial charge is 0.497 e. The van der Waals surface area contributed by atoms with E-state index in [0.717, 1.165) is 5.69 Å². The van der Waals surface area contributed by atoms with Crippen LogP contribution < -0.4 is 20.9 Å². The van der Waals surface area contributed by atoms with Crippen LogP contribution in [0, 0.1) is 6.92 Å². The van der Waals surface area contributed by atoms with Gasteiger partial charge in [-0.05, 0) is 31.2 Å². The summed E-state index contributed by atoms with van der Waals surface area (Å²) in [6.45, 7) is 2.21. The molecule has 27 heavy (non-hydrogen) atoms. The molecule has 1 saturated heterocycles. The molecule has 2 aromatic rings. The minimum absolute atomic E-state index is 0.0643. The van der Waals surface area contributed by atoms with Gasteiger partial charge in [0.05, 0.1) is 13.5 Å². The number of carbonyl (C=O) groups excluding carboxylic acids is 2. The van der Waals surface area contributed by atoms with E-state index >= 15 is 0 Å². The number of carbonyl (C=O) groups is 2. The molecular formula is C18H20N4O5.